The van der Waals surface area contributed by atoms with Crippen molar-refractivity contribution in [1.82, 2.24) is 4.31 Å². The molecule has 7 nitrogen and oxygen atoms in total. The Morgan fingerprint density at radius 3 is 2.29 bits per heavy atom. The van der Waals surface area contributed by atoms with Gasteiger partial charge in [0.2, 0.25) is 10.0 Å². The third-order valence-corrected chi connectivity index (χ3v) is 6.90. The van der Waals surface area contributed by atoms with Crippen molar-refractivity contribution in [1.29, 1.82) is 5.41 Å². The van der Waals surface area contributed by atoms with E-state index >= 15 is 0 Å². The van der Waals surface area contributed by atoms with Crippen molar-refractivity contribution < 1.29 is 18.3 Å². The molecule has 2 rings (SSSR count). The number of amidine groups is 1. The molecule has 0 saturated carbocycles. The third kappa shape index (κ3) is 6.78. The first-order valence-corrected chi connectivity index (χ1v) is 11.8. The van der Waals surface area contributed by atoms with Crippen molar-refractivity contribution in [3.8, 4) is 5.75 Å². The largest absolute Gasteiger partial charge is 0.507 e. The SMILES string of the molecule is CC(C)OCCN(CCc1ccc(C(C)C)cc1)S(=O)(=O)c1cc(C(=N)N)ccc1O. The number of phenolic OH excluding ortho intramolecular Hbond substituents is 1. The highest BCUT2D eigenvalue weighted by Crippen LogP contribution is 2.27. The van der Waals surface area contributed by atoms with E-state index in [1.807, 2.05) is 26.0 Å². The highest BCUT2D eigenvalue weighted by Gasteiger charge is 2.28. The van der Waals surface area contributed by atoms with Crippen LogP contribution in [0.4, 0.5) is 0 Å². The molecule has 8 heteroatoms. The van der Waals surface area contributed by atoms with Crippen LogP contribution in [0.25, 0.3) is 0 Å². The van der Waals surface area contributed by atoms with E-state index in [0.717, 1.165) is 5.56 Å². The Balaban J connectivity index is 2.29. The Morgan fingerprint density at radius 2 is 1.74 bits per heavy atom. The van der Waals surface area contributed by atoms with Gasteiger partial charge in [-0.2, -0.15) is 4.31 Å². The van der Waals surface area contributed by atoms with Gasteiger partial charge in [-0.1, -0.05) is 38.1 Å². The van der Waals surface area contributed by atoms with Crippen molar-refractivity contribution in [3.05, 3.63) is 59.2 Å². The van der Waals surface area contributed by atoms with Crippen LogP contribution in [-0.2, 0) is 21.2 Å². The van der Waals surface area contributed by atoms with Crippen LogP contribution >= 0.6 is 0 Å². The van der Waals surface area contributed by atoms with Crippen LogP contribution in [0.1, 0.15) is 50.3 Å². The molecule has 0 unspecified atom stereocenters. The summed E-state index contributed by atoms with van der Waals surface area (Å²) in [6, 6.07) is 12.0. The van der Waals surface area contributed by atoms with E-state index in [9.17, 15) is 13.5 Å². The van der Waals surface area contributed by atoms with Crippen molar-refractivity contribution in [3.63, 3.8) is 0 Å². The number of hydrogen-bond acceptors (Lipinski definition) is 5. The molecule has 0 amide bonds. The number of nitrogens with one attached hydrogen (secondary N) is 1. The molecule has 31 heavy (non-hydrogen) atoms. The summed E-state index contributed by atoms with van der Waals surface area (Å²) in [6.45, 7) is 8.63. The fourth-order valence-corrected chi connectivity index (χ4v) is 4.63. The maximum Gasteiger partial charge on any atom is 0.246 e. The molecule has 0 fully saturated rings. The molecule has 0 spiro atoms. The van der Waals surface area contributed by atoms with Gasteiger partial charge in [0, 0.05) is 18.7 Å². The van der Waals surface area contributed by atoms with Crippen LogP contribution in [0.15, 0.2) is 47.4 Å². The number of benzene rings is 2. The van der Waals surface area contributed by atoms with E-state index in [1.54, 1.807) is 0 Å². The van der Waals surface area contributed by atoms with E-state index in [0.29, 0.717) is 12.3 Å². The number of hydrogen-bond donors (Lipinski definition) is 3. The first-order valence-electron chi connectivity index (χ1n) is 10.4. The molecule has 170 valence electrons. The van der Waals surface area contributed by atoms with Crippen molar-refractivity contribution >= 4 is 15.9 Å². The molecule has 2 aromatic carbocycles. The monoisotopic (exact) mass is 447 g/mol. The van der Waals surface area contributed by atoms with Gasteiger partial charge in [0.25, 0.3) is 0 Å². The number of sulfonamides is 1. The van der Waals surface area contributed by atoms with Crippen LogP contribution in [0.5, 0.6) is 5.75 Å². The minimum atomic E-state index is -4.03. The Labute approximate surface area is 185 Å². The summed E-state index contributed by atoms with van der Waals surface area (Å²) in [5, 5.41) is 17.8. The summed E-state index contributed by atoms with van der Waals surface area (Å²) >= 11 is 0. The van der Waals surface area contributed by atoms with Crippen molar-refractivity contribution in [2.45, 2.75) is 51.0 Å². The number of nitrogens with zero attached hydrogens (tertiary/aromatic N) is 1. The van der Waals surface area contributed by atoms with Gasteiger partial charge in [-0.3, -0.25) is 5.41 Å². The lowest BCUT2D eigenvalue weighted by molar-refractivity contribution is 0.0714. The van der Waals surface area contributed by atoms with Crippen LogP contribution in [-0.4, -0.2) is 49.5 Å². The maximum atomic E-state index is 13.4. The molecule has 0 heterocycles. The lowest BCUT2D eigenvalue weighted by Crippen LogP contribution is -2.36. The van der Waals surface area contributed by atoms with Gasteiger partial charge >= 0.3 is 0 Å². The van der Waals surface area contributed by atoms with E-state index < -0.39 is 10.0 Å². The smallest absolute Gasteiger partial charge is 0.246 e. The molecule has 0 aromatic heterocycles. The Kier molecular flexibility index (Phi) is 8.61. The average Bonchev–Trinajstić information content (AvgIpc) is 2.70. The zero-order chi connectivity index (χ0) is 23.2. The number of nitrogen functional groups attached to an aromatic ring is 1. The molecule has 0 aliphatic heterocycles. The zero-order valence-corrected chi connectivity index (χ0v) is 19.4. The van der Waals surface area contributed by atoms with Crippen LogP contribution < -0.4 is 5.73 Å². The predicted molar refractivity (Wildman–Crippen MR) is 123 cm³/mol. The molecule has 4 N–H and O–H groups in total. The van der Waals surface area contributed by atoms with E-state index in [2.05, 4.69) is 26.0 Å². The van der Waals surface area contributed by atoms with Gasteiger partial charge in [-0.15, -0.1) is 0 Å². The number of ether oxygens (including phenoxy) is 1. The highest BCUT2D eigenvalue weighted by molar-refractivity contribution is 7.89. The topological polar surface area (TPSA) is 117 Å². The Bertz CT molecular complexity index is 986. The summed E-state index contributed by atoms with van der Waals surface area (Å²) < 4.78 is 33.6. The molecule has 0 radical (unpaired) electrons. The fourth-order valence-electron chi connectivity index (χ4n) is 3.09. The quantitative estimate of drug-likeness (QED) is 0.360. The summed E-state index contributed by atoms with van der Waals surface area (Å²) in [4.78, 5) is -0.264. The summed E-state index contributed by atoms with van der Waals surface area (Å²) in [5.74, 6) is -0.215. The average molecular weight is 448 g/mol. The number of rotatable bonds is 11. The van der Waals surface area contributed by atoms with Gasteiger partial charge in [-0.05, 0) is 55.5 Å². The summed E-state index contributed by atoms with van der Waals surface area (Å²) in [5.41, 5.74) is 7.99. The first kappa shape index (κ1) is 24.8. The molecular formula is C23H33N3O4S. The fraction of sp³-hybridized carbons (Fsp3) is 0.435. The maximum absolute atomic E-state index is 13.4. The van der Waals surface area contributed by atoms with Gasteiger partial charge in [-0.25, -0.2) is 8.42 Å². The second-order valence-electron chi connectivity index (χ2n) is 8.07. The van der Waals surface area contributed by atoms with E-state index in [4.69, 9.17) is 15.9 Å². The van der Waals surface area contributed by atoms with Crippen molar-refractivity contribution in [2.24, 2.45) is 5.73 Å². The van der Waals surface area contributed by atoms with Gasteiger partial charge < -0.3 is 15.6 Å². The molecule has 0 atom stereocenters. The molecule has 2 aromatic rings. The highest BCUT2D eigenvalue weighted by atomic mass is 32.2. The standard InChI is InChI=1S/C23H33N3O4S/c1-16(2)19-7-5-18(6-8-19)11-12-26(13-14-30-17(3)4)31(28,29)22-15-20(23(24)25)9-10-21(22)27/h5-10,15-17,27H,11-14H2,1-4H3,(H3,24,25). The van der Waals surface area contributed by atoms with Crippen molar-refractivity contribution in [2.75, 3.05) is 19.7 Å². The summed E-state index contributed by atoms with van der Waals surface area (Å²) in [7, 11) is -4.03. The molecular weight excluding hydrogens is 414 g/mol. The number of nitrogens with two attached hydrogens (primary N) is 1. The van der Waals surface area contributed by atoms with Crippen LogP contribution in [0.3, 0.4) is 0 Å². The van der Waals surface area contributed by atoms with Crippen LogP contribution in [0.2, 0.25) is 0 Å². The third-order valence-electron chi connectivity index (χ3n) is 4.98. The van der Waals surface area contributed by atoms with Gasteiger partial charge in [0.05, 0.1) is 12.7 Å². The predicted octanol–water partition coefficient (Wildman–Crippen LogP) is 3.46. The Hall–Kier alpha value is -2.42. The second-order valence-corrected chi connectivity index (χ2v) is 9.97. The molecule has 0 aliphatic carbocycles. The second kappa shape index (κ2) is 10.7. The molecule has 0 aliphatic rings. The van der Waals surface area contributed by atoms with E-state index in [1.165, 1.54) is 28.1 Å². The van der Waals surface area contributed by atoms with Crippen LogP contribution in [0, 0.1) is 5.41 Å². The minimum absolute atomic E-state index is 0.0254. The molecule has 0 saturated heterocycles. The normalized spacial score (nSPS) is 12.1. The minimum Gasteiger partial charge on any atom is -0.507 e. The number of aromatic hydroxyl groups is 1. The molecule has 0 bridgehead atoms. The Morgan fingerprint density at radius 1 is 1.10 bits per heavy atom. The number of phenols is 1. The van der Waals surface area contributed by atoms with E-state index in [-0.39, 0.29) is 47.8 Å². The first-order chi connectivity index (χ1) is 14.5. The lowest BCUT2D eigenvalue weighted by Gasteiger charge is -2.23. The van der Waals surface area contributed by atoms with Gasteiger partial charge in [0.1, 0.15) is 16.5 Å². The lowest BCUT2D eigenvalue weighted by atomic mass is 10.0. The summed E-state index contributed by atoms with van der Waals surface area (Å²) in [6.07, 6.45) is 0.495. The zero-order valence-electron chi connectivity index (χ0n) is 18.6. The van der Waals surface area contributed by atoms with Gasteiger partial charge in [0.15, 0.2) is 0 Å².